The molecule has 0 bridgehead atoms. The number of hydrogen-bond donors (Lipinski definition) is 2. The second-order valence-electron chi connectivity index (χ2n) is 4.79. The summed E-state index contributed by atoms with van der Waals surface area (Å²) in [4.78, 5) is 24.1. The third-order valence-electron chi connectivity index (χ3n) is 2.90. The highest BCUT2D eigenvalue weighted by Gasteiger charge is 2.30. The van der Waals surface area contributed by atoms with Crippen LogP contribution >= 0.6 is 0 Å². The highest BCUT2D eigenvalue weighted by Crippen LogP contribution is 2.22. The Bertz CT molecular complexity index is 280. The molecule has 1 aliphatic heterocycles. The number of likely N-dealkylation sites (tertiary alicyclic amines) is 1. The summed E-state index contributed by atoms with van der Waals surface area (Å²) in [7, 11) is 0. The zero-order valence-electron chi connectivity index (χ0n) is 10.1. The summed E-state index contributed by atoms with van der Waals surface area (Å²) < 4.78 is 0. The van der Waals surface area contributed by atoms with Crippen molar-refractivity contribution in [3.8, 4) is 0 Å². The number of amides is 2. The number of carboxylic acids is 1. The van der Waals surface area contributed by atoms with Gasteiger partial charge in [-0.15, -0.1) is 0 Å². The van der Waals surface area contributed by atoms with Gasteiger partial charge in [-0.3, -0.25) is 4.79 Å². The van der Waals surface area contributed by atoms with Crippen molar-refractivity contribution in [1.29, 1.82) is 0 Å². The van der Waals surface area contributed by atoms with Gasteiger partial charge in [-0.05, 0) is 26.2 Å². The topological polar surface area (TPSA) is 69.6 Å². The van der Waals surface area contributed by atoms with E-state index in [0.717, 1.165) is 13.0 Å². The molecule has 1 fully saturated rings. The van der Waals surface area contributed by atoms with Crippen molar-refractivity contribution in [1.82, 2.24) is 10.2 Å². The van der Waals surface area contributed by atoms with Gasteiger partial charge in [-0.25, -0.2) is 4.79 Å². The molecule has 0 radical (unpaired) electrons. The van der Waals surface area contributed by atoms with Gasteiger partial charge in [-0.2, -0.15) is 0 Å². The average molecular weight is 228 g/mol. The third-order valence-corrected chi connectivity index (χ3v) is 2.90. The summed E-state index contributed by atoms with van der Waals surface area (Å²) in [6, 6.07) is -0.231. The lowest BCUT2D eigenvalue weighted by molar-refractivity contribution is -0.137. The summed E-state index contributed by atoms with van der Waals surface area (Å²) in [6.07, 6.45) is 0.976. The lowest BCUT2D eigenvalue weighted by atomic mass is 10.1. The molecule has 0 spiro atoms. The second-order valence-corrected chi connectivity index (χ2v) is 4.79. The van der Waals surface area contributed by atoms with Crippen LogP contribution in [0, 0.1) is 5.92 Å². The summed E-state index contributed by atoms with van der Waals surface area (Å²) in [5, 5.41) is 11.3. The van der Waals surface area contributed by atoms with Gasteiger partial charge in [0.15, 0.2) is 0 Å². The summed E-state index contributed by atoms with van der Waals surface area (Å²) >= 11 is 0. The fraction of sp³-hybridized carbons (Fsp3) is 0.818. The Labute approximate surface area is 95.8 Å². The van der Waals surface area contributed by atoms with Crippen molar-refractivity contribution < 1.29 is 14.7 Å². The average Bonchev–Trinajstić information content (AvgIpc) is 2.43. The van der Waals surface area contributed by atoms with E-state index in [1.165, 1.54) is 0 Å². The maximum absolute atomic E-state index is 11.8. The van der Waals surface area contributed by atoms with Crippen LogP contribution in [0.1, 0.15) is 33.6 Å². The van der Waals surface area contributed by atoms with E-state index < -0.39 is 5.97 Å². The molecule has 16 heavy (non-hydrogen) atoms. The molecule has 1 rings (SSSR count). The minimum Gasteiger partial charge on any atom is -0.481 e. The Morgan fingerprint density at radius 3 is 2.56 bits per heavy atom. The Morgan fingerprint density at radius 1 is 1.50 bits per heavy atom. The molecule has 2 N–H and O–H groups in total. The van der Waals surface area contributed by atoms with Gasteiger partial charge in [0.1, 0.15) is 0 Å². The number of aliphatic carboxylic acids is 1. The van der Waals surface area contributed by atoms with Crippen molar-refractivity contribution in [3.63, 3.8) is 0 Å². The van der Waals surface area contributed by atoms with Crippen LogP contribution in [0.5, 0.6) is 0 Å². The normalized spacial score (nSPS) is 26.6. The predicted molar refractivity (Wildman–Crippen MR) is 60.2 cm³/mol. The quantitative estimate of drug-likeness (QED) is 0.764. The SMILES string of the molecule is CC1CC(C)N(C(=O)NC(C)CC(=O)O)C1. The van der Waals surface area contributed by atoms with Crippen LogP contribution in [-0.2, 0) is 4.79 Å². The Morgan fingerprint density at radius 2 is 2.12 bits per heavy atom. The van der Waals surface area contributed by atoms with Gasteiger partial charge in [0, 0.05) is 18.6 Å². The summed E-state index contributed by atoms with van der Waals surface area (Å²) in [6.45, 7) is 6.60. The molecule has 2 amide bonds. The Hall–Kier alpha value is -1.26. The number of nitrogens with one attached hydrogen (secondary N) is 1. The van der Waals surface area contributed by atoms with Gasteiger partial charge in [0.2, 0.25) is 0 Å². The molecule has 0 aromatic heterocycles. The largest absolute Gasteiger partial charge is 0.481 e. The predicted octanol–water partition coefficient (Wildman–Crippen LogP) is 1.29. The van der Waals surface area contributed by atoms with Crippen molar-refractivity contribution in [2.24, 2.45) is 5.92 Å². The first-order chi connectivity index (χ1) is 7.40. The molecule has 5 nitrogen and oxygen atoms in total. The van der Waals surface area contributed by atoms with Gasteiger partial charge in [0.25, 0.3) is 0 Å². The van der Waals surface area contributed by atoms with Crippen LogP contribution < -0.4 is 5.32 Å². The molecule has 1 aliphatic rings. The van der Waals surface area contributed by atoms with Crippen LogP contribution in [-0.4, -0.2) is 40.6 Å². The number of carbonyl (C=O) groups excluding carboxylic acids is 1. The van der Waals surface area contributed by atoms with E-state index in [9.17, 15) is 9.59 Å². The monoisotopic (exact) mass is 228 g/mol. The molecule has 0 aromatic carbocycles. The molecule has 0 aromatic rings. The lowest BCUT2D eigenvalue weighted by Crippen LogP contribution is -2.45. The van der Waals surface area contributed by atoms with Crippen LogP contribution in [0.25, 0.3) is 0 Å². The minimum atomic E-state index is -0.893. The molecule has 92 valence electrons. The highest BCUT2D eigenvalue weighted by atomic mass is 16.4. The molecular formula is C11H20N2O3. The Balaban J connectivity index is 2.43. The molecule has 3 atom stereocenters. The van der Waals surface area contributed by atoms with E-state index >= 15 is 0 Å². The molecule has 1 saturated heterocycles. The second kappa shape index (κ2) is 5.18. The molecule has 5 heteroatoms. The van der Waals surface area contributed by atoms with E-state index in [-0.39, 0.29) is 24.5 Å². The molecule has 1 heterocycles. The van der Waals surface area contributed by atoms with Crippen molar-refractivity contribution >= 4 is 12.0 Å². The van der Waals surface area contributed by atoms with Crippen LogP contribution in [0.2, 0.25) is 0 Å². The van der Waals surface area contributed by atoms with E-state index in [1.807, 2.05) is 6.92 Å². The van der Waals surface area contributed by atoms with Crippen LogP contribution in [0.15, 0.2) is 0 Å². The van der Waals surface area contributed by atoms with Gasteiger partial charge < -0.3 is 15.3 Å². The maximum Gasteiger partial charge on any atom is 0.317 e. The Kier molecular flexibility index (Phi) is 4.15. The first-order valence-electron chi connectivity index (χ1n) is 5.69. The van der Waals surface area contributed by atoms with Crippen molar-refractivity contribution in [2.45, 2.75) is 45.7 Å². The van der Waals surface area contributed by atoms with Crippen molar-refractivity contribution in [3.05, 3.63) is 0 Å². The summed E-state index contributed by atoms with van der Waals surface area (Å²) in [5.41, 5.74) is 0. The van der Waals surface area contributed by atoms with Crippen LogP contribution in [0.3, 0.4) is 0 Å². The first kappa shape index (κ1) is 12.8. The maximum atomic E-state index is 11.8. The number of rotatable bonds is 3. The minimum absolute atomic E-state index is 0.0382. The molecular weight excluding hydrogens is 208 g/mol. The lowest BCUT2D eigenvalue weighted by Gasteiger charge is -2.24. The summed E-state index contributed by atoms with van der Waals surface area (Å²) in [5.74, 6) is -0.369. The number of urea groups is 1. The van der Waals surface area contributed by atoms with Gasteiger partial charge in [-0.1, -0.05) is 6.92 Å². The smallest absolute Gasteiger partial charge is 0.317 e. The first-order valence-corrected chi connectivity index (χ1v) is 5.69. The molecule has 0 saturated carbocycles. The number of hydrogen-bond acceptors (Lipinski definition) is 2. The van der Waals surface area contributed by atoms with Gasteiger partial charge >= 0.3 is 12.0 Å². The van der Waals surface area contributed by atoms with E-state index in [0.29, 0.717) is 5.92 Å². The highest BCUT2D eigenvalue weighted by molar-refractivity contribution is 5.76. The number of carbonyl (C=O) groups is 2. The number of nitrogens with zero attached hydrogens (tertiary/aromatic N) is 1. The molecule has 3 unspecified atom stereocenters. The molecule has 0 aliphatic carbocycles. The standard InChI is InChI=1S/C11H20N2O3/c1-7-4-9(3)13(6-7)11(16)12-8(2)5-10(14)15/h7-9H,4-6H2,1-3H3,(H,12,16)(H,14,15). The van der Waals surface area contributed by atoms with Crippen LogP contribution in [0.4, 0.5) is 4.79 Å². The fourth-order valence-electron chi connectivity index (χ4n) is 2.19. The van der Waals surface area contributed by atoms with Crippen molar-refractivity contribution in [2.75, 3.05) is 6.54 Å². The van der Waals surface area contributed by atoms with Gasteiger partial charge in [0.05, 0.1) is 6.42 Å². The third kappa shape index (κ3) is 3.40. The van der Waals surface area contributed by atoms with E-state index in [4.69, 9.17) is 5.11 Å². The zero-order chi connectivity index (χ0) is 12.3. The number of carboxylic acid groups (broad SMARTS) is 1. The fourth-order valence-corrected chi connectivity index (χ4v) is 2.19. The van der Waals surface area contributed by atoms with E-state index in [2.05, 4.69) is 12.2 Å². The zero-order valence-corrected chi connectivity index (χ0v) is 10.1. The van der Waals surface area contributed by atoms with E-state index in [1.54, 1.807) is 11.8 Å².